The lowest BCUT2D eigenvalue weighted by atomic mass is 9.94. The van der Waals surface area contributed by atoms with Crippen LogP contribution in [0.15, 0.2) is 82.9 Å². The van der Waals surface area contributed by atoms with E-state index in [-0.39, 0.29) is 5.92 Å². The summed E-state index contributed by atoms with van der Waals surface area (Å²) in [6.45, 7) is 2.06. The van der Waals surface area contributed by atoms with E-state index in [4.69, 9.17) is 4.99 Å². The zero-order valence-electron chi connectivity index (χ0n) is 15.4. The summed E-state index contributed by atoms with van der Waals surface area (Å²) in [5.41, 5.74) is 2.96. The first-order valence-corrected chi connectivity index (χ1v) is 9.02. The van der Waals surface area contributed by atoms with Crippen molar-refractivity contribution in [2.45, 2.75) is 13.3 Å². The van der Waals surface area contributed by atoms with Crippen LogP contribution >= 0.6 is 0 Å². The van der Waals surface area contributed by atoms with Crippen LogP contribution in [0.5, 0.6) is 0 Å². The molecule has 0 saturated heterocycles. The second-order valence-corrected chi connectivity index (χ2v) is 6.48. The molecule has 2 aromatic heterocycles. The molecule has 1 aliphatic carbocycles. The molecule has 0 amide bonds. The third-order valence-corrected chi connectivity index (χ3v) is 4.59. The lowest BCUT2D eigenvalue weighted by Gasteiger charge is -2.15. The predicted molar refractivity (Wildman–Crippen MR) is 108 cm³/mol. The van der Waals surface area contributed by atoms with Gasteiger partial charge in [-0.05, 0) is 37.1 Å². The molecular weight excluding hydrogens is 334 g/mol. The zero-order valence-corrected chi connectivity index (χ0v) is 15.4. The molecule has 1 atom stereocenters. The Morgan fingerprint density at radius 1 is 1.11 bits per heavy atom. The summed E-state index contributed by atoms with van der Waals surface area (Å²) in [6.07, 6.45) is 9.16. The number of hydrogen-bond donors (Lipinski definition) is 0. The van der Waals surface area contributed by atoms with Gasteiger partial charge < -0.3 is 0 Å². The molecule has 0 bridgehead atoms. The minimum atomic E-state index is 0.103. The summed E-state index contributed by atoms with van der Waals surface area (Å²) in [5, 5.41) is 5.52. The molecule has 3 aromatic rings. The number of aromatic nitrogens is 3. The average Bonchev–Trinajstić information content (AvgIpc) is 3.04. The van der Waals surface area contributed by atoms with Crippen LogP contribution in [-0.4, -0.2) is 27.5 Å². The molecule has 5 nitrogen and oxygen atoms in total. The van der Waals surface area contributed by atoms with E-state index >= 15 is 0 Å². The Kier molecular flexibility index (Phi) is 4.75. The maximum absolute atomic E-state index is 4.84. The van der Waals surface area contributed by atoms with Gasteiger partial charge in [-0.2, -0.15) is 0 Å². The molecule has 134 valence electrons. The van der Waals surface area contributed by atoms with Gasteiger partial charge in [-0.15, -0.1) is 5.10 Å². The van der Waals surface area contributed by atoms with Crippen molar-refractivity contribution in [1.82, 2.24) is 14.6 Å². The van der Waals surface area contributed by atoms with Crippen molar-refractivity contribution in [3.63, 3.8) is 0 Å². The fourth-order valence-corrected chi connectivity index (χ4v) is 3.14. The molecule has 2 heterocycles. The van der Waals surface area contributed by atoms with Gasteiger partial charge in [-0.25, -0.2) is 14.5 Å². The second-order valence-electron chi connectivity index (χ2n) is 6.48. The van der Waals surface area contributed by atoms with E-state index in [2.05, 4.69) is 46.3 Å². The Morgan fingerprint density at radius 3 is 2.81 bits per heavy atom. The third kappa shape index (κ3) is 3.62. The number of rotatable bonds is 2. The van der Waals surface area contributed by atoms with E-state index in [1.54, 1.807) is 11.6 Å². The molecule has 0 N–H and O–H groups in total. The Balaban J connectivity index is 1.71. The van der Waals surface area contributed by atoms with Gasteiger partial charge in [-0.1, -0.05) is 48.6 Å². The van der Waals surface area contributed by atoms with Crippen LogP contribution in [-0.2, 0) is 0 Å². The summed E-state index contributed by atoms with van der Waals surface area (Å²) in [7, 11) is 1.80. The van der Waals surface area contributed by atoms with Gasteiger partial charge in [0.25, 0.3) is 0 Å². The van der Waals surface area contributed by atoms with Crippen LogP contribution in [0.2, 0.25) is 0 Å². The van der Waals surface area contributed by atoms with Crippen molar-refractivity contribution < 1.29 is 0 Å². The van der Waals surface area contributed by atoms with E-state index in [9.17, 15) is 0 Å². The number of amidine groups is 1. The molecule has 0 radical (unpaired) electrons. The highest BCUT2D eigenvalue weighted by atomic mass is 15.3. The van der Waals surface area contributed by atoms with Crippen LogP contribution in [0.4, 0.5) is 0 Å². The molecule has 5 heteroatoms. The standard InChI is InChI=1S/C22H21N5/c1-16-9-4-3-5-12-19(16)24-21(23-2)17-10-8-11-18(15-17)22-25-20-13-6-7-14-27(20)26-22/h3-9,11-15,17H,10H2,1-2H3. The maximum Gasteiger partial charge on any atom is 0.181 e. The largest absolute Gasteiger partial charge is 0.273 e. The number of aliphatic imine (C=N–C) groups is 1. The molecule has 4 rings (SSSR count). The van der Waals surface area contributed by atoms with Gasteiger partial charge in [0.2, 0.25) is 0 Å². The fraction of sp³-hybridized carbons (Fsp3) is 0.182. The van der Waals surface area contributed by atoms with E-state index in [0.29, 0.717) is 0 Å². The van der Waals surface area contributed by atoms with Gasteiger partial charge in [0.05, 0.1) is 5.36 Å². The molecule has 27 heavy (non-hydrogen) atoms. The molecule has 1 aromatic carbocycles. The first kappa shape index (κ1) is 17.1. The Hall–Kier alpha value is -3.34. The summed E-state index contributed by atoms with van der Waals surface area (Å²) in [5.74, 6) is 1.64. The smallest absolute Gasteiger partial charge is 0.181 e. The first-order chi connectivity index (χ1) is 13.2. The first-order valence-electron chi connectivity index (χ1n) is 9.02. The van der Waals surface area contributed by atoms with Crippen LogP contribution in [0.3, 0.4) is 0 Å². The average molecular weight is 355 g/mol. The summed E-state index contributed by atoms with van der Waals surface area (Å²) in [6, 6.07) is 16.0. The Labute approximate surface area is 158 Å². The van der Waals surface area contributed by atoms with Gasteiger partial charge in [0.15, 0.2) is 11.5 Å². The van der Waals surface area contributed by atoms with E-state index in [0.717, 1.165) is 40.2 Å². The van der Waals surface area contributed by atoms with Crippen molar-refractivity contribution in [3.8, 4) is 0 Å². The number of aryl methyl sites for hydroxylation is 1. The second kappa shape index (κ2) is 7.50. The molecular formula is C22H21N5. The minimum absolute atomic E-state index is 0.103. The normalized spacial score (nSPS) is 18.0. The fourth-order valence-electron chi connectivity index (χ4n) is 3.14. The highest BCUT2D eigenvalue weighted by molar-refractivity contribution is 5.90. The van der Waals surface area contributed by atoms with Gasteiger partial charge in [0.1, 0.15) is 5.84 Å². The molecule has 0 spiro atoms. The molecule has 1 unspecified atom stereocenters. The van der Waals surface area contributed by atoms with E-state index < -0.39 is 0 Å². The SMILES string of the molecule is CN=C(N=c1cccccc1C)C1C=C(c2nc3ccccn3n2)C=CC1. The number of fused-ring (bicyclic) bond motifs is 1. The maximum atomic E-state index is 4.84. The van der Waals surface area contributed by atoms with Crippen molar-refractivity contribution >= 4 is 17.1 Å². The van der Waals surface area contributed by atoms with Crippen LogP contribution < -0.4 is 5.36 Å². The summed E-state index contributed by atoms with van der Waals surface area (Å²) >= 11 is 0. The van der Waals surface area contributed by atoms with Crippen molar-refractivity contribution in [2.24, 2.45) is 15.9 Å². The van der Waals surface area contributed by atoms with Gasteiger partial charge >= 0.3 is 0 Å². The Bertz CT molecular complexity index is 1100. The van der Waals surface area contributed by atoms with E-state index in [1.807, 2.05) is 48.7 Å². The topological polar surface area (TPSA) is 54.9 Å². The quantitative estimate of drug-likeness (QED) is 0.521. The number of allylic oxidation sites excluding steroid dienone is 3. The van der Waals surface area contributed by atoms with Crippen molar-refractivity contribution in [3.05, 3.63) is 89.7 Å². The van der Waals surface area contributed by atoms with Crippen molar-refractivity contribution in [1.29, 1.82) is 0 Å². The van der Waals surface area contributed by atoms with Gasteiger partial charge in [0, 0.05) is 24.7 Å². The number of nitrogens with zero attached hydrogens (tertiary/aromatic N) is 5. The van der Waals surface area contributed by atoms with Gasteiger partial charge in [-0.3, -0.25) is 4.99 Å². The van der Waals surface area contributed by atoms with Crippen LogP contribution in [0, 0.1) is 12.8 Å². The molecule has 1 aliphatic rings. The molecule has 0 fully saturated rings. The third-order valence-electron chi connectivity index (χ3n) is 4.59. The summed E-state index contributed by atoms with van der Waals surface area (Å²) in [4.78, 5) is 13.9. The minimum Gasteiger partial charge on any atom is -0.273 e. The molecule has 0 saturated carbocycles. The summed E-state index contributed by atoms with van der Waals surface area (Å²) < 4.78 is 1.79. The highest BCUT2D eigenvalue weighted by Crippen LogP contribution is 2.24. The monoisotopic (exact) mass is 355 g/mol. The highest BCUT2D eigenvalue weighted by Gasteiger charge is 2.18. The van der Waals surface area contributed by atoms with Crippen LogP contribution in [0.25, 0.3) is 11.2 Å². The lowest BCUT2D eigenvalue weighted by Crippen LogP contribution is -2.17. The van der Waals surface area contributed by atoms with E-state index in [1.165, 1.54) is 0 Å². The number of hydrogen-bond acceptors (Lipinski definition) is 3. The predicted octanol–water partition coefficient (Wildman–Crippen LogP) is 3.63. The van der Waals surface area contributed by atoms with Crippen LogP contribution in [0.1, 0.15) is 17.8 Å². The Morgan fingerprint density at radius 2 is 1.96 bits per heavy atom. The lowest BCUT2D eigenvalue weighted by molar-refractivity contribution is 0.851. The number of pyridine rings is 1. The van der Waals surface area contributed by atoms with Crippen molar-refractivity contribution in [2.75, 3.05) is 7.05 Å². The zero-order chi connectivity index (χ0) is 18.6. The molecule has 0 aliphatic heterocycles.